The molecule has 94 valence electrons. The van der Waals surface area contributed by atoms with Crippen LogP contribution in [0.2, 0.25) is 0 Å². The highest BCUT2D eigenvalue weighted by molar-refractivity contribution is 5.94. The van der Waals surface area contributed by atoms with E-state index in [0.717, 1.165) is 12.8 Å². The smallest absolute Gasteiger partial charge is 0.253 e. The summed E-state index contributed by atoms with van der Waals surface area (Å²) in [4.78, 5) is 15.8. The van der Waals surface area contributed by atoms with E-state index in [9.17, 15) is 4.79 Å². The summed E-state index contributed by atoms with van der Waals surface area (Å²) < 4.78 is 0. The van der Waals surface area contributed by atoms with Gasteiger partial charge in [0.05, 0.1) is 5.56 Å². The fourth-order valence-electron chi connectivity index (χ4n) is 1.94. The Morgan fingerprint density at radius 2 is 2.06 bits per heavy atom. The number of anilines is 1. The van der Waals surface area contributed by atoms with Crippen LogP contribution in [0.5, 0.6) is 0 Å². The van der Waals surface area contributed by atoms with Crippen molar-refractivity contribution >= 4 is 11.7 Å². The van der Waals surface area contributed by atoms with E-state index in [1.54, 1.807) is 12.1 Å². The average molecular weight is 235 g/mol. The van der Waals surface area contributed by atoms with Gasteiger partial charge in [-0.1, -0.05) is 26.7 Å². The quantitative estimate of drug-likeness (QED) is 0.822. The SMILES string of the molecule is CCC(CC)C(C)NC(=O)c1ccc(N)nc1. The number of carbonyl (C=O) groups excluding carboxylic acids is 1. The summed E-state index contributed by atoms with van der Waals surface area (Å²) in [6.07, 6.45) is 3.64. The van der Waals surface area contributed by atoms with Gasteiger partial charge in [0.25, 0.3) is 5.91 Å². The molecule has 1 atom stereocenters. The lowest BCUT2D eigenvalue weighted by molar-refractivity contribution is 0.0925. The maximum atomic E-state index is 11.9. The fraction of sp³-hybridized carbons (Fsp3) is 0.538. The van der Waals surface area contributed by atoms with Crippen LogP contribution in [0.15, 0.2) is 18.3 Å². The summed E-state index contributed by atoms with van der Waals surface area (Å²) in [7, 11) is 0. The summed E-state index contributed by atoms with van der Waals surface area (Å²) in [5.74, 6) is 0.854. The molecule has 1 unspecified atom stereocenters. The van der Waals surface area contributed by atoms with E-state index in [1.807, 2.05) is 6.92 Å². The normalized spacial score (nSPS) is 12.5. The van der Waals surface area contributed by atoms with Crippen molar-refractivity contribution in [1.29, 1.82) is 0 Å². The van der Waals surface area contributed by atoms with Gasteiger partial charge < -0.3 is 11.1 Å². The highest BCUT2D eigenvalue weighted by Crippen LogP contribution is 2.13. The molecule has 1 aromatic rings. The number of hydrogen-bond donors (Lipinski definition) is 2. The van der Waals surface area contributed by atoms with Gasteiger partial charge in [-0.2, -0.15) is 0 Å². The minimum absolute atomic E-state index is 0.0862. The molecule has 1 rings (SSSR count). The topological polar surface area (TPSA) is 68.0 Å². The second-order valence-corrected chi connectivity index (χ2v) is 4.31. The molecule has 17 heavy (non-hydrogen) atoms. The third-order valence-corrected chi connectivity index (χ3v) is 3.16. The Morgan fingerprint density at radius 3 is 2.53 bits per heavy atom. The summed E-state index contributed by atoms with van der Waals surface area (Å²) in [5.41, 5.74) is 6.03. The second-order valence-electron chi connectivity index (χ2n) is 4.31. The number of pyridine rings is 1. The van der Waals surface area contributed by atoms with E-state index in [4.69, 9.17) is 5.73 Å². The maximum absolute atomic E-state index is 11.9. The minimum Gasteiger partial charge on any atom is -0.384 e. The molecule has 0 fully saturated rings. The van der Waals surface area contributed by atoms with Gasteiger partial charge in [0, 0.05) is 12.2 Å². The number of rotatable bonds is 5. The van der Waals surface area contributed by atoms with Gasteiger partial charge in [0.2, 0.25) is 0 Å². The van der Waals surface area contributed by atoms with E-state index in [0.29, 0.717) is 17.3 Å². The standard InChI is InChI=1S/C13H21N3O/c1-4-10(5-2)9(3)16-13(17)11-6-7-12(14)15-8-11/h6-10H,4-5H2,1-3H3,(H2,14,15)(H,16,17). The average Bonchev–Trinajstić information content (AvgIpc) is 2.31. The Bertz CT molecular complexity index is 357. The van der Waals surface area contributed by atoms with Crippen molar-refractivity contribution in [2.24, 2.45) is 5.92 Å². The van der Waals surface area contributed by atoms with Crippen LogP contribution < -0.4 is 11.1 Å². The van der Waals surface area contributed by atoms with Crippen LogP contribution >= 0.6 is 0 Å². The predicted octanol–water partition coefficient (Wildman–Crippen LogP) is 2.22. The number of hydrogen-bond acceptors (Lipinski definition) is 3. The van der Waals surface area contributed by atoms with E-state index in [-0.39, 0.29) is 11.9 Å². The monoisotopic (exact) mass is 235 g/mol. The van der Waals surface area contributed by atoms with E-state index in [1.165, 1.54) is 6.20 Å². The number of aromatic nitrogens is 1. The minimum atomic E-state index is -0.0862. The number of carbonyl (C=O) groups is 1. The third kappa shape index (κ3) is 3.73. The van der Waals surface area contributed by atoms with Crippen LogP contribution in [-0.2, 0) is 0 Å². The molecule has 0 bridgehead atoms. The fourth-order valence-corrected chi connectivity index (χ4v) is 1.94. The third-order valence-electron chi connectivity index (χ3n) is 3.16. The first-order valence-electron chi connectivity index (χ1n) is 6.10. The highest BCUT2D eigenvalue weighted by Gasteiger charge is 2.16. The Hall–Kier alpha value is -1.58. The van der Waals surface area contributed by atoms with Crippen molar-refractivity contribution in [3.8, 4) is 0 Å². The van der Waals surface area contributed by atoms with Crippen molar-refractivity contribution in [2.75, 3.05) is 5.73 Å². The van der Waals surface area contributed by atoms with Crippen LogP contribution in [0, 0.1) is 5.92 Å². The molecule has 1 aromatic heterocycles. The molecule has 4 heteroatoms. The first-order chi connectivity index (χ1) is 8.08. The zero-order valence-electron chi connectivity index (χ0n) is 10.7. The summed E-state index contributed by atoms with van der Waals surface area (Å²) in [6.45, 7) is 6.32. The molecule has 0 aliphatic carbocycles. The number of amides is 1. The van der Waals surface area contributed by atoms with Crippen LogP contribution in [0.25, 0.3) is 0 Å². The van der Waals surface area contributed by atoms with Crippen molar-refractivity contribution in [1.82, 2.24) is 10.3 Å². The van der Waals surface area contributed by atoms with Crippen LogP contribution in [-0.4, -0.2) is 16.9 Å². The lowest BCUT2D eigenvalue weighted by atomic mass is 9.95. The first-order valence-corrected chi connectivity index (χ1v) is 6.10. The van der Waals surface area contributed by atoms with E-state index < -0.39 is 0 Å². The molecule has 0 aromatic carbocycles. The molecule has 4 nitrogen and oxygen atoms in total. The number of nitrogens with one attached hydrogen (secondary N) is 1. The number of nitrogen functional groups attached to an aromatic ring is 1. The summed E-state index contributed by atoms with van der Waals surface area (Å²) in [5, 5.41) is 3.00. The van der Waals surface area contributed by atoms with Crippen LogP contribution in [0.3, 0.4) is 0 Å². The van der Waals surface area contributed by atoms with E-state index in [2.05, 4.69) is 24.1 Å². The molecule has 1 amide bonds. The van der Waals surface area contributed by atoms with Gasteiger partial charge in [0.15, 0.2) is 0 Å². The molecule has 0 aliphatic heterocycles. The van der Waals surface area contributed by atoms with Gasteiger partial charge in [-0.15, -0.1) is 0 Å². The number of nitrogens with zero attached hydrogens (tertiary/aromatic N) is 1. The largest absolute Gasteiger partial charge is 0.384 e. The van der Waals surface area contributed by atoms with Gasteiger partial charge in [-0.05, 0) is 25.0 Å². The zero-order valence-corrected chi connectivity index (χ0v) is 10.7. The molecule has 0 aliphatic rings. The zero-order chi connectivity index (χ0) is 12.8. The van der Waals surface area contributed by atoms with Gasteiger partial charge in [0.1, 0.15) is 5.82 Å². The van der Waals surface area contributed by atoms with Gasteiger partial charge in [-0.3, -0.25) is 4.79 Å². The molecule has 1 heterocycles. The first kappa shape index (κ1) is 13.5. The van der Waals surface area contributed by atoms with Crippen molar-refractivity contribution in [3.05, 3.63) is 23.9 Å². The lowest BCUT2D eigenvalue weighted by Gasteiger charge is -2.22. The highest BCUT2D eigenvalue weighted by atomic mass is 16.1. The van der Waals surface area contributed by atoms with E-state index >= 15 is 0 Å². The van der Waals surface area contributed by atoms with Gasteiger partial charge in [-0.25, -0.2) is 4.98 Å². The molecule has 0 radical (unpaired) electrons. The van der Waals surface area contributed by atoms with Crippen molar-refractivity contribution < 1.29 is 4.79 Å². The van der Waals surface area contributed by atoms with Gasteiger partial charge >= 0.3 is 0 Å². The Labute approximate surface area is 103 Å². The number of nitrogens with two attached hydrogens (primary N) is 1. The molecule has 3 N–H and O–H groups in total. The molecule has 0 saturated carbocycles. The summed E-state index contributed by atoms with van der Waals surface area (Å²) in [6, 6.07) is 3.50. The maximum Gasteiger partial charge on any atom is 0.253 e. The van der Waals surface area contributed by atoms with Crippen LogP contribution in [0.4, 0.5) is 5.82 Å². The molecular formula is C13H21N3O. The van der Waals surface area contributed by atoms with Crippen molar-refractivity contribution in [2.45, 2.75) is 39.7 Å². The molecular weight excluding hydrogens is 214 g/mol. The molecule has 0 spiro atoms. The van der Waals surface area contributed by atoms with Crippen molar-refractivity contribution in [3.63, 3.8) is 0 Å². The predicted molar refractivity (Wildman–Crippen MR) is 69.6 cm³/mol. The second kappa shape index (κ2) is 6.23. The summed E-state index contributed by atoms with van der Waals surface area (Å²) >= 11 is 0. The van der Waals surface area contributed by atoms with Crippen LogP contribution in [0.1, 0.15) is 44.0 Å². The Morgan fingerprint density at radius 1 is 1.41 bits per heavy atom. The molecule has 0 saturated heterocycles. The lowest BCUT2D eigenvalue weighted by Crippen LogP contribution is -2.37. The Balaban J connectivity index is 2.62. The Kier molecular flexibility index (Phi) is 4.94.